The first-order chi connectivity index (χ1) is 8.79. The largest absolute Gasteiger partial charge is 0.385 e. The number of aliphatic hydroxyl groups is 1. The lowest BCUT2D eigenvalue weighted by molar-refractivity contribution is 0.132. The van der Waals surface area contributed by atoms with Crippen molar-refractivity contribution in [3.05, 3.63) is 11.6 Å². The molecule has 5 nitrogen and oxygen atoms in total. The molecule has 100 valence electrons. The minimum atomic E-state index is -0.411. The highest BCUT2D eigenvalue weighted by Gasteiger charge is 2.28. The number of hydrogen-bond acceptors (Lipinski definition) is 4. The van der Waals surface area contributed by atoms with Gasteiger partial charge in [0.05, 0.1) is 0 Å². The number of aliphatic hydroxyl groups excluding tert-OH is 1. The summed E-state index contributed by atoms with van der Waals surface area (Å²) in [6, 6.07) is 0.613. The van der Waals surface area contributed by atoms with Crippen LogP contribution in [0.15, 0.2) is 0 Å². The molecule has 3 heterocycles. The molecular weight excluding hydrogens is 228 g/mol. The van der Waals surface area contributed by atoms with Crippen molar-refractivity contribution < 1.29 is 5.11 Å². The highest BCUT2D eigenvalue weighted by molar-refractivity contribution is 5.04. The van der Waals surface area contributed by atoms with Crippen molar-refractivity contribution >= 4 is 0 Å². The zero-order chi connectivity index (χ0) is 12.5. The predicted molar refractivity (Wildman–Crippen MR) is 68.2 cm³/mol. The van der Waals surface area contributed by atoms with E-state index in [1.165, 1.54) is 19.4 Å². The second-order valence-electron chi connectivity index (χ2n) is 5.41. The van der Waals surface area contributed by atoms with Crippen LogP contribution < -0.4 is 0 Å². The van der Waals surface area contributed by atoms with Gasteiger partial charge in [-0.15, -0.1) is 10.2 Å². The highest BCUT2D eigenvalue weighted by atomic mass is 16.3. The summed E-state index contributed by atoms with van der Waals surface area (Å²) < 4.78 is 2.14. The van der Waals surface area contributed by atoms with Crippen LogP contribution >= 0.6 is 0 Å². The van der Waals surface area contributed by atoms with E-state index in [1.807, 2.05) is 0 Å². The molecule has 1 fully saturated rings. The van der Waals surface area contributed by atoms with Gasteiger partial charge in [0, 0.05) is 19.0 Å². The molecule has 18 heavy (non-hydrogen) atoms. The molecule has 2 atom stereocenters. The van der Waals surface area contributed by atoms with Crippen molar-refractivity contribution in [1.29, 1.82) is 0 Å². The standard InChI is InChI=1S/C13H22N4O/c1-2-16-7-3-5-10(16)9-12-14-15-13-11(18)6-4-8-17(12)13/h10-11,18H,2-9H2,1H3. The Balaban J connectivity index is 1.77. The third kappa shape index (κ3) is 2.06. The van der Waals surface area contributed by atoms with Crippen LogP contribution in [0.25, 0.3) is 0 Å². The van der Waals surface area contributed by atoms with Crippen LogP contribution in [-0.2, 0) is 13.0 Å². The summed E-state index contributed by atoms with van der Waals surface area (Å²) in [5.41, 5.74) is 0. The van der Waals surface area contributed by atoms with E-state index in [2.05, 4.69) is 26.6 Å². The summed E-state index contributed by atoms with van der Waals surface area (Å²) in [4.78, 5) is 2.53. The molecule has 1 aromatic heterocycles. The van der Waals surface area contributed by atoms with Gasteiger partial charge in [-0.3, -0.25) is 0 Å². The minimum absolute atomic E-state index is 0.411. The zero-order valence-corrected chi connectivity index (χ0v) is 11.0. The van der Waals surface area contributed by atoms with Crippen LogP contribution in [0.2, 0.25) is 0 Å². The van der Waals surface area contributed by atoms with Gasteiger partial charge < -0.3 is 14.6 Å². The van der Waals surface area contributed by atoms with Crippen molar-refractivity contribution in [3.63, 3.8) is 0 Å². The average molecular weight is 250 g/mol. The molecule has 0 aliphatic carbocycles. The zero-order valence-electron chi connectivity index (χ0n) is 11.0. The van der Waals surface area contributed by atoms with Crippen LogP contribution in [0.4, 0.5) is 0 Å². The van der Waals surface area contributed by atoms with E-state index < -0.39 is 6.10 Å². The maximum atomic E-state index is 9.90. The molecule has 2 aliphatic rings. The van der Waals surface area contributed by atoms with Gasteiger partial charge in [0.15, 0.2) is 5.82 Å². The van der Waals surface area contributed by atoms with Gasteiger partial charge in [-0.2, -0.15) is 0 Å². The van der Waals surface area contributed by atoms with Gasteiger partial charge in [-0.05, 0) is 38.8 Å². The van der Waals surface area contributed by atoms with Gasteiger partial charge in [0.1, 0.15) is 11.9 Å². The Kier molecular flexibility index (Phi) is 3.35. The van der Waals surface area contributed by atoms with Gasteiger partial charge in [0.25, 0.3) is 0 Å². The van der Waals surface area contributed by atoms with Gasteiger partial charge in [-0.1, -0.05) is 6.92 Å². The van der Waals surface area contributed by atoms with Crippen LogP contribution in [0.1, 0.15) is 50.4 Å². The number of fused-ring (bicyclic) bond motifs is 1. The van der Waals surface area contributed by atoms with Gasteiger partial charge in [-0.25, -0.2) is 0 Å². The quantitative estimate of drug-likeness (QED) is 0.874. The Hall–Kier alpha value is -0.940. The molecule has 0 bridgehead atoms. The van der Waals surface area contributed by atoms with Crippen molar-refractivity contribution in [3.8, 4) is 0 Å². The van der Waals surface area contributed by atoms with Crippen molar-refractivity contribution in [2.75, 3.05) is 13.1 Å². The summed E-state index contributed by atoms with van der Waals surface area (Å²) in [7, 11) is 0. The summed E-state index contributed by atoms with van der Waals surface area (Å²) in [5.74, 6) is 1.84. The van der Waals surface area contributed by atoms with E-state index in [0.29, 0.717) is 6.04 Å². The number of aromatic nitrogens is 3. The van der Waals surface area contributed by atoms with E-state index in [0.717, 1.165) is 44.0 Å². The number of hydrogen-bond donors (Lipinski definition) is 1. The summed E-state index contributed by atoms with van der Waals surface area (Å²) in [6.45, 7) is 5.52. The molecule has 0 amide bonds. The lowest BCUT2D eigenvalue weighted by Gasteiger charge is -2.24. The van der Waals surface area contributed by atoms with E-state index in [4.69, 9.17) is 0 Å². The molecule has 0 aromatic carbocycles. The number of nitrogens with zero attached hydrogens (tertiary/aromatic N) is 4. The SMILES string of the molecule is CCN1CCCC1Cc1nnc2n1CCCC2O. The maximum absolute atomic E-state index is 9.90. The summed E-state index contributed by atoms with van der Waals surface area (Å²) in [5, 5.41) is 18.4. The number of likely N-dealkylation sites (N-methyl/N-ethyl adjacent to an activating group) is 1. The van der Waals surface area contributed by atoms with E-state index in [1.54, 1.807) is 0 Å². The van der Waals surface area contributed by atoms with Gasteiger partial charge >= 0.3 is 0 Å². The molecule has 2 aliphatic heterocycles. The molecule has 1 N–H and O–H groups in total. The highest BCUT2D eigenvalue weighted by Crippen LogP contribution is 2.26. The van der Waals surface area contributed by atoms with Gasteiger partial charge in [0.2, 0.25) is 0 Å². The lowest BCUT2D eigenvalue weighted by atomic mass is 10.1. The first kappa shape index (κ1) is 12.1. The molecule has 1 saturated heterocycles. The molecule has 0 saturated carbocycles. The fourth-order valence-electron chi connectivity index (χ4n) is 3.32. The second-order valence-corrected chi connectivity index (χ2v) is 5.41. The molecule has 5 heteroatoms. The smallest absolute Gasteiger partial charge is 0.161 e. The monoisotopic (exact) mass is 250 g/mol. The fourth-order valence-corrected chi connectivity index (χ4v) is 3.32. The first-order valence-corrected chi connectivity index (χ1v) is 7.13. The summed E-state index contributed by atoms with van der Waals surface area (Å²) in [6.07, 6.45) is 4.98. The molecule has 0 spiro atoms. The van der Waals surface area contributed by atoms with Crippen LogP contribution in [0, 0.1) is 0 Å². The minimum Gasteiger partial charge on any atom is -0.385 e. The molecular formula is C13H22N4O. The first-order valence-electron chi connectivity index (χ1n) is 7.13. The van der Waals surface area contributed by atoms with E-state index in [9.17, 15) is 5.11 Å². The molecule has 2 unspecified atom stereocenters. The maximum Gasteiger partial charge on any atom is 0.161 e. The lowest BCUT2D eigenvalue weighted by Crippen LogP contribution is -2.32. The van der Waals surface area contributed by atoms with E-state index >= 15 is 0 Å². The Morgan fingerprint density at radius 3 is 2.89 bits per heavy atom. The Labute approximate surface area is 108 Å². The van der Waals surface area contributed by atoms with Crippen molar-refractivity contribution in [2.24, 2.45) is 0 Å². The molecule has 0 radical (unpaired) electrons. The van der Waals surface area contributed by atoms with Crippen LogP contribution in [0.5, 0.6) is 0 Å². The third-order valence-corrected chi connectivity index (χ3v) is 4.34. The second kappa shape index (κ2) is 4.97. The third-order valence-electron chi connectivity index (χ3n) is 4.34. The average Bonchev–Trinajstić information content (AvgIpc) is 2.98. The van der Waals surface area contributed by atoms with Crippen LogP contribution in [-0.4, -0.2) is 43.9 Å². The molecule has 1 aromatic rings. The Bertz CT molecular complexity index is 417. The Morgan fingerprint density at radius 1 is 1.22 bits per heavy atom. The Morgan fingerprint density at radius 2 is 2.06 bits per heavy atom. The fraction of sp³-hybridized carbons (Fsp3) is 0.846. The van der Waals surface area contributed by atoms with Crippen molar-refractivity contribution in [1.82, 2.24) is 19.7 Å². The normalized spacial score (nSPS) is 28.6. The van der Waals surface area contributed by atoms with E-state index in [-0.39, 0.29) is 0 Å². The number of rotatable bonds is 3. The topological polar surface area (TPSA) is 54.2 Å². The predicted octanol–water partition coefficient (Wildman–Crippen LogP) is 1.13. The summed E-state index contributed by atoms with van der Waals surface area (Å²) >= 11 is 0. The van der Waals surface area contributed by atoms with Crippen LogP contribution in [0.3, 0.4) is 0 Å². The number of likely N-dealkylation sites (tertiary alicyclic amines) is 1. The van der Waals surface area contributed by atoms with Crippen molar-refractivity contribution in [2.45, 2.75) is 57.7 Å². The molecule has 3 rings (SSSR count).